The molecule has 1 N–H and O–H groups in total. The predicted molar refractivity (Wildman–Crippen MR) is 74.1 cm³/mol. The Bertz CT molecular complexity index is 674. The summed E-state index contributed by atoms with van der Waals surface area (Å²) in [6, 6.07) is 7.58. The Hall–Kier alpha value is -1.47. The van der Waals surface area contributed by atoms with Crippen molar-refractivity contribution in [3.63, 3.8) is 0 Å². The van der Waals surface area contributed by atoms with Crippen molar-refractivity contribution in [3.05, 3.63) is 54.1 Å². The van der Waals surface area contributed by atoms with Gasteiger partial charge in [-0.15, -0.1) is 0 Å². The number of alkyl halides is 1. The maximum absolute atomic E-state index is 13.4. The fraction of sp³-hybridized carbons (Fsp3) is 0.0833. The van der Waals surface area contributed by atoms with E-state index in [-0.39, 0.29) is 10.6 Å². The highest BCUT2D eigenvalue weighted by Gasteiger charge is 2.15. The average Bonchev–Trinajstić information content (AvgIpc) is 2.41. The van der Waals surface area contributed by atoms with E-state index in [1.807, 2.05) is 0 Å². The molecule has 0 spiro atoms. The molecule has 0 saturated carbocycles. The Labute approximate surface area is 118 Å². The zero-order chi connectivity index (χ0) is 13.9. The van der Waals surface area contributed by atoms with E-state index in [2.05, 4.69) is 25.6 Å². The van der Waals surface area contributed by atoms with Crippen LogP contribution in [0.3, 0.4) is 0 Å². The molecule has 2 rings (SSSR count). The van der Waals surface area contributed by atoms with Gasteiger partial charge in [-0.05, 0) is 23.8 Å². The normalized spacial score (nSPS) is 11.3. The second-order valence-electron chi connectivity index (χ2n) is 3.74. The SMILES string of the molecule is O=S(=O)(Nc1ccncc1F)c1ccc(CBr)cc1. The number of pyridine rings is 1. The largest absolute Gasteiger partial charge is 0.277 e. The van der Waals surface area contributed by atoms with Gasteiger partial charge in [0.1, 0.15) is 0 Å². The number of anilines is 1. The average molecular weight is 345 g/mol. The number of hydrogen-bond donors (Lipinski definition) is 1. The van der Waals surface area contributed by atoms with Gasteiger partial charge in [0.25, 0.3) is 10.0 Å². The minimum atomic E-state index is -3.79. The van der Waals surface area contributed by atoms with E-state index in [4.69, 9.17) is 0 Å². The maximum atomic E-state index is 13.4. The first kappa shape index (κ1) is 14.0. The molecular weight excluding hydrogens is 335 g/mol. The molecule has 1 aromatic carbocycles. The van der Waals surface area contributed by atoms with Crippen LogP contribution in [0.5, 0.6) is 0 Å². The third-order valence-electron chi connectivity index (χ3n) is 2.40. The minimum Gasteiger partial charge on any atom is -0.277 e. The Kier molecular flexibility index (Phi) is 4.16. The van der Waals surface area contributed by atoms with Gasteiger partial charge >= 0.3 is 0 Å². The summed E-state index contributed by atoms with van der Waals surface area (Å²) in [4.78, 5) is 3.63. The summed E-state index contributed by atoms with van der Waals surface area (Å²) in [5, 5.41) is 0.639. The molecule has 0 unspecified atom stereocenters. The second-order valence-corrected chi connectivity index (χ2v) is 5.98. The van der Waals surface area contributed by atoms with E-state index in [9.17, 15) is 12.8 Å². The van der Waals surface area contributed by atoms with Crippen molar-refractivity contribution in [2.24, 2.45) is 0 Å². The number of sulfonamides is 1. The van der Waals surface area contributed by atoms with Crippen molar-refractivity contribution in [1.82, 2.24) is 4.98 Å². The first-order valence-electron chi connectivity index (χ1n) is 5.30. The van der Waals surface area contributed by atoms with E-state index in [0.717, 1.165) is 11.8 Å². The second kappa shape index (κ2) is 5.66. The van der Waals surface area contributed by atoms with Crippen LogP contribution in [0.15, 0.2) is 47.6 Å². The van der Waals surface area contributed by atoms with E-state index in [0.29, 0.717) is 5.33 Å². The van der Waals surface area contributed by atoms with Crippen molar-refractivity contribution in [1.29, 1.82) is 0 Å². The highest BCUT2D eigenvalue weighted by Crippen LogP contribution is 2.18. The summed E-state index contributed by atoms with van der Waals surface area (Å²) in [7, 11) is -3.79. The van der Waals surface area contributed by atoms with Gasteiger partial charge in [-0.3, -0.25) is 9.71 Å². The van der Waals surface area contributed by atoms with Gasteiger partial charge in [-0.1, -0.05) is 28.1 Å². The van der Waals surface area contributed by atoms with Crippen LogP contribution in [0.25, 0.3) is 0 Å². The number of halogens is 2. The Morgan fingerprint density at radius 2 is 1.89 bits per heavy atom. The summed E-state index contributed by atoms with van der Waals surface area (Å²) >= 11 is 3.27. The molecule has 0 fully saturated rings. The lowest BCUT2D eigenvalue weighted by Crippen LogP contribution is -2.14. The molecule has 4 nitrogen and oxygen atoms in total. The lowest BCUT2D eigenvalue weighted by atomic mass is 10.2. The quantitative estimate of drug-likeness (QED) is 0.867. The summed E-state index contributed by atoms with van der Waals surface area (Å²) in [6.45, 7) is 0. The van der Waals surface area contributed by atoms with Gasteiger partial charge in [0.2, 0.25) is 0 Å². The molecular formula is C12H10BrFN2O2S. The molecule has 0 amide bonds. The van der Waals surface area contributed by atoms with Crippen molar-refractivity contribution in [3.8, 4) is 0 Å². The molecule has 7 heteroatoms. The van der Waals surface area contributed by atoms with Gasteiger partial charge in [-0.2, -0.15) is 0 Å². The Morgan fingerprint density at radius 3 is 2.47 bits per heavy atom. The van der Waals surface area contributed by atoms with E-state index < -0.39 is 15.8 Å². The van der Waals surface area contributed by atoms with Crippen LogP contribution in [0, 0.1) is 5.82 Å². The number of rotatable bonds is 4. The molecule has 0 saturated heterocycles. The molecule has 0 bridgehead atoms. The topological polar surface area (TPSA) is 59.1 Å². The standard InChI is InChI=1S/C12H10BrFN2O2S/c13-7-9-1-3-10(4-2-9)19(17,18)16-12-5-6-15-8-11(12)14/h1-6,8H,7H2,(H,15,16). The van der Waals surface area contributed by atoms with Crippen LogP contribution in [0.4, 0.5) is 10.1 Å². The third-order valence-corrected chi connectivity index (χ3v) is 4.43. The number of benzene rings is 1. The van der Waals surface area contributed by atoms with Crippen molar-refractivity contribution >= 4 is 31.6 Å². The van der Waals surface area contributed by atoms with Crippen LogP contribution in [0.1, 0.15) is 5.56 Å². The molecule has 0 atom stereocenters. The number of nitrogens with zero attached hydrogens (tertiary/aromatic N) is 1. The zero-order valence-electron chi connectivity index (χ0n) is 9.68. The van der Waals surface area contributed by atoms with Crippen LogP contribution >= 0.6 is 15.9 Å². The highest BCUT2D eigenvalue weighted by atomic mass is 79.9. The molecule has 19 heavy (non-hydrogen) atoms. The van der Waals surface area contributed by atoms with Crippen molar-refractivity contribution < 1.29 is 12.8 Å². The van der Waals surface area contributed by atoms with Gasteiger partial charge in [0.05, 0.1) is 16.8 Å². The Morgan fingerprint density at radius 1 is 1.21 bits per heavy atom. The van der Waals surface area contributed by atoms with Crippen molar-refractivity contribution in [2.45, 2.75) is 10.2 Å². The minimum absolute atomic E-state index is 0.0772. The molecule has 1 heterocycles. The zero-order valence-corrected chi connectivity index (χ0v) is 12.1. The van der Waals surface area contributed by atoms with E-state index in [1.54, 1.807) is 12.1 Å². The van der Waals surface area contributed by atoms with E-state index in [1.165, 1.54) is 24.4 Å². The van der Waals surface area contributed by atoms with Crippen LogP contribution < -0.4 is 4.72 Å². The summed E-state index contributed by atoms with van der Waals surface area (Å²) in [5.74, 6) is -0.719. The molecule has 0 radical (unpaired) electrons. The summed E-state index contributed by atoms with van der Waals surface area (Å²) < 4.78 is 39.6. The first-order chi connectivity index (χ1) is 9.03. The maximum Gasteiger partial charge on any atom is 0.261 e. The van der Waals surface area contributed by atoms with Gasteiger partial charge in [-0.25, -0.2) is 12.8 Å². The van der Waals surface area contributed by atoms with Gasteiger partial charge in [0, 0.05) is 11.5 Å². The number of hydrogen-bond acceptors (Lipinski definition) is 3. The van der Waals surface area contributed by atoms with Crippen LogP contribution in [-0.4, -0.2) is 13.4 Å². The molecule has 0 aliphatic rings. The molecule has 0 aliphatic carbocycles. The molecule has 2 aromatic rings. The predicted octanol–water partition coefficient (Wildman–Crippen LogP) is 2.92. The molecule has 1 aromatic heterocycles. The first-order valence-corrected chi connectivity index (χ1v) is 7.90. The summed E-state index contributed by atoms with van der Waals surface area (Å²) in [6.07, 6.45) is 2.26. The van der Waals surface area contributed by atoms with Gasteiger partial charge < -0.3 is 0 Å². The molecule has 0 aliphatic heterocycles. The number of nitrogens with one attached hydrogen (secondary N) is 1. The third kappa shape index (κ3) is 3.30. The van der Waals surface area contributed by atoms with E-state index >= 15 is 0 Å². The van der Waals surface area contributed by atoms with Crippen LogP contribution in [0.2, 0.25) is 0 Å². The number of aromatic nitrogens is 1. The van der Waals surface area contributed by atoms with Crippen molar-refractivity contribution in [2.75, 3.05) is 4.72 Å². The van der Waals surface area contributed by atoms with Crippen LogP contribution in [-0.2, 0) is 15.4 Å². The Balaban J connectivity index is 2.30. The lowest BCUT2D eigenvalue weighted by molar-refractivity contribution is 0.598. The lowest BCUT2D eigenvalue weighted by Gasteiger charge is -2.08. The fourth-order valence-electron chi connectivity index (χ4n) is 1.42. The monoisotopic (exact) mass is 344 g/mol. The summed E-state index contributed by atoms with van der Waals surface area (Å²) in [5.41, 5.74) is 0.827. The fourth-order valence-corrected chi connectivity index (χ4v) is 2.86. The molecule has 100 valence electrons. The highest BCUT2D eigenvalue weighted by molar-refractivity contribution is 9.08. The smallest absolute Gasteiger partial charge is 0.261 e. The van der Waals surface area contributed by atoms with Gasteiger partial charge in [0.15, 0.2) is 5.82 Å².